The number of aromatic nitrogens is 4. The van der Waals surface area contributed by atoms with Crippen LogP contribution in [0, 0.1) is 0 Å². The van der Waals surface area contributed by atoms with Crippen molar-refractivity contribution >= 4 is 97.2 Å². The minimum atomic E-state index is 0.704. The molecule has 9 aromatic carbocycles. The summed E-state index contributed by atoms with van der Waals surface area (Å²) in [4.78, 5) is 10.5. The van der Waals surface area contributed by atoms with E-state index >= 15 is 0 Å². The Morgan fingerprint density at radius 1 is 0.422 bits per heavy atom. The summed E-state index contributed by atoms with van der Waals surface area (Å²) in [7, 11) is 0. The van der Waals surface area contributed by atoms with Gasteiger partial charge in [-0.15, -0.1) is 11.3 Å². The Hall–Kier alpha value is -8.32. The van der Waals surface area contributed by atoms with E-state index in [1.54, 1.807) is 11.3 Å². The van der Waals surface area contributed by atoms with E-state index in [1.807, 2.05) is 6.07 Å². The van der Waals surface area contributed by atoms with Crippen LogP contribution in [0.3, 0.4) is 0 Å². The quantitative estimate of drug-likeness (QED) is 0.174. The predicted molar refractivity (Wildman–Crippen MR) is 267 cm³/mol. The number of rotatable bonds is 5. The Balaban J connectivity index is 1.02. The summed E-state index contributed by atoms with van der Waals surface area (Å²) in [5.41, 5.74) is 14.6. The molecule has 0 atom stereocenters. The molecule has 0 radical (unpaired) electrons. The van der Waals surface area contributed by atoms with Crippen molar-refractivity contribution in [1.29, 1.82) is 0 Å². The SMILES string of the molecule is c1ccc(-c2nc(-c3ccc(-n4c5ccccc5c5cc(-c6cccc7c8ccccc8n(-c8ccccc8)c67)c6c7ccccc7oc6c54)cc3)nc3c2sc2ccccc23)cc1. The molecular formula is C58H34N4OS. The van der Waals surface area contributed by atoms with Crippen LogP contribution >= 0.6 is 11.3 Å². The van der Waals surface area contributed by atoms with Gasteiger partial charge in [0, 0.05) is 70.5 Å². The maximum Gasteiger partial charge on any atom is 0.160 e. The van der Waals surface area contributed by atoms with Gasteiger partial charge in [0.15, 0.2) is 11.4 Å². The van der Waals surface area contributed by atoms with E-state index in [4.69, 9.17) is 14.4 Å². The van der Waals surface area contributed by atoms with Gasteiger partial charge in [-0.1, -0.05) is 140 Å². The van der Waals surface area contributed by atoms with E-state index in [0.717, 1.165) is 98.7 Å². The summed E-state index contributed by atoms with van der Waals surface area (Å²) in [6.07, 6.45) is 0. The van der Waals surface area contributed by atoms with Crippen LogP contribution < -0.4 is 0 Å². The van der Waals surface area contributed by atoms with E-state index in [9.17, 15) is 0 Å². The van der Waals surface area contributed by atoms with Gasteiger partial charge in [-0.25, -0.2) is 9.97 Å². The Labute approximate surface area is 370 Å². The lowest BCUT2D eigenvalue weighted by atomic mass is 9.95. The highest BCUT2D eigenvalue weighted by molar-refractivity contribution is 7.26. The van der Waals surface area contributed by atoms with Crippen LogP contribution in [0.4, 0.5) is 0 Å². The first-order chi connectivity index (χ1) is 31.8. The monoisotopic (exact) mass is 834 g/mol. The fraction of sp³-hybridized carbons (Fsp3) is 0. The standard InChI is InChI=1S/C58H34N4OS/c1-3-16-35(17-4-1)52-57-53(44-23-10-14-29-50(44)64-57)60-58(59-52)36-30-32-38(33-31-36)62-48-27-12-8-21-40(48)46-34-45(51-43-22-9-13-28-49(43)63-56(51)55(46)62)42-25-15-24-41-39-20-7-11-26-47(39)61(54(41)42)37-18-5-2-6-19-37/h1-34H. The first kappa shape index (κ1) is 35.3. The van der Waals surface area contributed by atoms with E-state index in [-0.39, 0.29) is 0 Å². The van der Waals surface area contributed by atoms with Crippen molar-refractivity contribution < 1.29 is 4.42 Å². The first-order valence-corrected chi connectivity index (χ1v) is 22.4. The molecule has 0 saturated carbocycles. The van der Waals surface area contributed by atoms with Crippen molar-refractivity contribution in [3.05, 3.63) is 206 Å². The molecule has 0 amide bonds. The summed E-state index contributed by atoms with van der Waals surface area (Å²) in [6, 6.07) is 73.5. The van der Waals surface area contributed by atoms with Crippen LogP contribution in [0.1, 0.15) is 0 Å². The van der Waals surface area contributed by atoms with Gasteiger partial charge in [-0.2, -0.15) is 0 Å². The number of furan rings is 1. The molecule has 64 heavy (non-hydrogen) atoms. The maximum absolute atomic E-state index is 7.08. The molecule has 5 aromatic heterocycles. The number of benzene rings is 9. The lowest BCUT2D eigenvalue weighted by Crippen LogP contribution is -1.97. The molecule has 0 fully saturated rings. The van der Waals surface area contributed by atoms with Gasteiger partial charge in [0.25, 0.3) is 0 Å². The highest BCUT2D eigenvalue weighted by Crippen LogP contribution is 2.48. The summed E-state index contributed by atoms with van der Waals surface area (Å²) in [5, 5.41) is 8.06. The third-order valence-corrected chi connectivity index (χ3v) is 14.1. The van der Waals surface area contributed by atoms with Crippen LogP contribution in [-0.4, -0.2) is 19.1 Å². The fourth-order valence-corrected chi connectivity index (χ4v) is 11.3. The van der Waals surface area contributed by atoms with Crippen LogP contribution in [0.2, 0.25) is 0 Å². The van der Waals surface area contributed by atoms with E-state index < -0.39 is 0 Å². The van der Waals surface area contributed by atoms with Crippen molar-refractivity contribution in [3.8, 4) is 45.1 Å². The molecule has 0 saturated heterocycles. The molecule has 0 unspecified atom stereocenters. The normalized spacial score (nSPS) is 12.1. The predicted octanol–water partition coefficient (Wildman–Crippen LogP) is 15.9. The van der Waals surface area contributed by atoms with Gasteiger partial charge in [-0.3, -0.25) is 0 Å². The third-order valence-electron chi connectivity index (χ3n) is 12.9. The van der Waals surface area contributed by atoms with Crippen LogP contribution in [0.15, 0.2) is 211 Å². The number of hydrogen-bond acceptors (Lipinski definition) is 4. The molecular weight excluding hydrogens is 801 g/mol. The zero-order valence-corrected chi connectivity index (χ0v) is 35.1. The fourth-order valence-electron chi connectivity index (χ4n) is 10.2. The zero-order chi connectivity index (χ0) is 41.9. The summed E-state index contributed by atoms with van der Waals surface area (Å²) in [6.45, 7) is 0. The van der Waals surface area contributed by atoms with Gasteiger partial charge < -0.3 is 13.6 Å². The number of hydrogen-bond donors (Lipinski definition) is 0. The second-order valence-corrected chi connectivity index (χ2v) is 17.5. The van der Waals surface area contributed by atoms with Crippen LogP contribution in [0.25, 0.3) is 131 Å². The van der Waals surface area contributed by atoms with E-state index in [0.29, 0.717) is 5.82 Å². The highest BCUT2D eigenvalue weighted by atomic mass is 32.1. The number of fused-ring (bicyclic) bond motifs is 13. The second kappa shape index (κ2) is 13.6. The second-order valence-electron chi connectivity index (χ2n) is 16.4. The van der Waals surface area contributed by atoms with Gasteiger partial charge in [-0.05, 0) is 72.3 Å². The van der Waals surface area contributed by atoms with Crippen molar-refractivity contribution in [2.45, 2.75) is 0 Å². The number of thiophene rings is 1. The molecule has 0 N–H and O–H groups in total. The molecule has 0 aliphatic rings. The number of nitrogens with zero attached hydrogens (tertiary/aromatic N) is 4. The lowest BCUT2D eigenvalue weighted by molar-refractivity contribution is 0.671. The van der Waals surface area contributed by atoms with Crippen molar-refractivity contribution in [2.75, 3.05) is 0 Å². The third kappa shape index (κ3) is 5.05. The molecule has 298 valence electrons. The smallest absolute Gasteiger partial charge is 0.160 e. The molecule has 5 heterocycles. The van der Waals surface area contributed by atoms with Crippen LogP contribution in [0.5, 0.6) is 0 Å². The first-order valence-electron chi connectivity index (χ1n) is 21.6. The largest absolute Gasteiger partial charge is 0.454 e. The van der Waals surface area contributed by atoms with Crippen molar-refractivity contribution in [1.82, 2.24) is 19.1 Å². The summed E-state index contributed by atoms with van der Waals surface area (Å²) >= 11 is 1.75. The maximum atomic E-state index is 7.08. The molecule has 14 aromatic rings. The van der Waals surface area contributed by atoms with Gasteiger partial charge in [0.05, 0.1) is 38.0 Å². The van der Waals surface area contributed by atoms with Crippen LogP contribution in [-0.2, 0) is 0 Å². The summed E-state index contributed by atoms with van der Waals surface area (Å²) in [5.74, 6) is 0.704. The molecule has 14 rings (SSSR count). The Morgan fingerprint density at radius 2 is 1.03 bits per heavy atom. The Morgan fingerprint density at radius 3 is 1.81 bits per heavy atom. The Kier molecular flexibility index (Phi) is 7.49. The summed E-state index contributed by atoms with van der Waals surface area (Å²) < 4.78 is 14.2. The molecule has 0 bridgehead atoms. The number of para-hydroxylation sites is 5. The Bertz CT molecular complexity index is 4180. The van der Waals surface area contributed by atoms with Crippen molar-refractivity contribution in [3.63, 3.8) is 0 Å². The minimum absolute atomic E-state index is 0.704. The molecule has 5 nitrogen and oxygen atoms in total. The minimum Gasteiger partial charge on any atom is -0.454 e. The molecule has 0 aliphatic heterocycles. The zero-order valence-electron chi connectivity index (χ0n) is 34.2. The van der Waals surface area contributed by atoms with Gasteiger partial charge in [0.2, 0.25) is 0 Å². The van der Waals surface area contributed by atoms with Gasteiger partial charge in [0.1, 0.15) is 5.58 Å². The van der Waals surface area contributed by atoms with E-state index in [2.05, 4.69) is 209 Å². The average molecular weight is 835 g/mol. The molecule has 6 heteroatoms. The molecule has 0 spiro atoms. The van der Waals surface area contributed by atoms with Crippen molar-refractivity contribution in [2.24, 2.45) is 0 Å². The highest BCUT2D eigenvalue weighted by Gasteiger charge is 2.25. The topological polar surface area (TPSA) is 48.8 Å². The van der Waals surface area contributed by atoms with Gasteiger partial charge >= 0.3 is 0 Å². The van der Waals surface area contributed by atoms with E-state index in [1.165, 1.54) is 26.5 Å². The average Bonchev–Trinajstić information content (AvgIpc) is 4.12. The lowest BCUT2D eigenvalue weighted by Gasteiger charge is -2.14. The molecule has 0 aliphatic carbocycles.